The molecule has 0 unspecified atom stereocenters. The molecule has 4 rings (SSSR count). The minimum absolute atomic E-state index is 0.0544. The first-order valence-corrected chi connectivity index (χ1v) is 7.85. The molecular weight excluding hydrogens is 320 g/mol. The van der Waals surface area contributed by atoms with Crippen LogP contribution in [-0.4, -0.2) is 33.3 Å². The molecule has 1 aliphatic carbocycles. The predicted molar refractivity (Wildman–Crippen MR) is 94.9 cm³/mol. The van der Waals surface area contributed by atoms with Crippen LogP contribution in [0.25, 0.3) is 23.1 Å². The van der Waals surface area contributed by atoms with Gasteiger partial charge in [0.2, 0.25) is 5.43 Å². The topological polar surface area (TPSA) is 89.3 Å². The van der Waals surface area contributed by atoms with Gasteiger partial charge in [-0.15, -0.1) is 0 Å². The molecule has 0 fully saturated rings. The Hall–Kier alpha value is -3.35. The zero-order valence-corrected chi connectivity index (χ0v) is 13.6. The van der Waals surface area contributed by atoms with E-state index < -0.39 is 0 Å². The molecule has 1 aromatic rings. The summed E-state index contributed by atoms with van der Waals surface area (Å²) in [6, 6.07) is 6.73. The normalized spacial score (nSPS) is 13.6. The maximum Gasteiger partial charge on any atom is 0.222 e. The summed E-state index contributed by atoms with van der Waals surface area (Å²) >= 11 is 0. The second-order valence-electron chi connectivity index (χ2n) is 5.66. The van der Waals surface area contributed by atoms with Gasteiger partial charge in [-0.05, 0) is 24.3 Å². The van der Waals surface area contributed by atoms with Gasteiger partial charge in [0.1, 0.15) is 23.1 Å². The summed E-state index contributed by atoms with van der Waals surface area (Å²) in [6.45, 7) is 1.46. The summed E-state index contributed by atoms with van der Waals surface area (Å²) in [7, 11) is 1.45. The Morgan fingerprint density at radius 3 is 3.04 bits per heavy atom. The average molecular weight is 336 g/mol. The molecule has 1 aromatic heterocycles. The van der Waals surface area contributed by atoms with Crippen LogP contribution in [0.2, 0.25) is 0 Å². The van der Waals surface area contributed by atoms with E-state index in [0.717, 1.165) is 17.9 Å². The highest BCUT2D eigenvalue weighted by atomic mass is 16.5. The zero-order chi connectivity index (χ0) is 17.4. The number of methoxy groups -OCH3 is 1. The molecule has 25 heavy (non-hydrogen) atoms. The van der Waals surface area contributed by atoms with Gasteiger partial charge in [-0.1, -0.05) is 0 Å². The van der Waals surface area contributed by atoms with Gasteiger partial charge in [-0.25, -0.2) is 4.98 Å². The molecule has 7 nitrogen and oxygen atoms in total. The van der Waals surface area contributed by atoms with Crippen molar-refractivity contribution in [2.45, 2.75) is 6.54 Å². The Labute approximate surface area is 143 Å². The van der Waals surface area contributed by atoms with E-state index >= 15 is 0 Å². The van der Waals surface area contributed by atoms with E-state index in [-0.39, 0.29) is 16.9 Å². The van der Waals surface area contributed by atoms with Gasteiger partial charge in [-0.3, -0.25) is 9.78 Å². The van der Waals surface area contributed by atoms with Crippen LogP contribution >= 0.6 is 0 Å². The molecule has 0 saturated heterocycles. The maximum atomic E-state index is 12.1. The monoisotopic (exact) mass is 336 g/mol. The van der Waals surface area contributed by atoms with Gasteiger partial charge in [0, 0.05) is 42.7 Å². The van der Waals surface area contributed by atoms with Crippen molar-refractivity contribution in [3.63, 3.8) is 0 Å². The molecule has 0 atom stereocenters. The van der Waals surface area contributed by atoms with Crippen LogP contribution < -0.4 is 15.5 Å². The van der Waals surface area contributed by atoms with Crippen molar-refractivity contribution >= 4 is 17.7 Å². The van der Waals surface area contributed by atoms with Crippen molar-refractivity contribution in [3.05, 3.63) is 58.3 Å². The van der Waals surface area contributed by atoms with Gasteiger partial charge in [0.25, 0.3) is 0 Å². The summed E-state index contributed by atoms with van der Waals surface area (Å²) in [5.74, 6) is 1.65. The van der Waals surface area contributed by atoms with Gasteiger partial charge in [0.05, 0.1) is 7.11 Å². The van der Waals surface area contributed by atoms with Crippen molar-refractivity contribution < 1.29 is 9.84 Å². The summed E-state index contributed by atoms with van der Waals surface area (Å²) < 4.78 is 7.23. The number of pyridine rings is 1. The number of aromatic nitrogens is 3. The van der Waals surface area contributed by atoms with E-state index in [1.165, 1.54) is 13.2 Å². The Morgan fingerprint density at radius 2 is 2.28 bits per heavy atom. The second-order valence-corrected chi connectivity index (χ2v) is 5.66. The van der Waals surface area contributed by atoms with Crippen LogP contribution in [-0.2, 0) is 6.54 Å². The van der Waals surface area contributed by atoms with Crippen LogP contribution in [0.1, 0.15) is 11.4 Å². The number of rotatable bonds is 3. The highest BCUT2D eigenvalue weighted by Crippen LogP contribution is 2.36. The van der Waals surface area contributed by atoms with Crippen LogP contribution in [0.5, 0.6) is 5.75 Å². The van der Waals surface area contributed by atoms with Crippen LogP contribution in [0.15, 0.2) is 41.5 Å². The van der Waals surface area contributed by atoms with E-state index in [2.05, 4.69) is 15.3 Å². The van der Waals surface area contributed by atoms with E-state index in [1.807, 2.05) is 4.57 Å². The Bertz CT molecular complexity index is 995. The van der Waals surface area contributed by atoms with E-state index in [4.69, 9.17) is 4.74 Å². The molecule has 0 saturated carbocycles. The average Bonchev–Trinajstić information content (AvgIpc) is 3.12. The quantitative estimate of drug-likeness (QED) is 0.713. The number of nitrogens with one attached hydrogen (secondary N) is 1. The van der Waals surface area contributed by atoms with Crippen LogP contribution in [0, 0.1) is 0 Å². The summed E-state index contributed by atoms with van der Waals surface area (Å²) in [4.78, 5) is 20.6. The third kappa shape index (κ3) is 2.50. The largest absolute Gasteiger partial charge is 0.507 e. The molecule has 7 heteroatoms. The summed E-state index contributed by atoms with van der Waals surface area (Å²) in [5.41, 5.74) is 1.65. The van der Waals surface area contributed by atoms with Crippen molar-refractivity contribution in [3.8, 4) is 17.0 Å². The maximum absolute atomic E-state index is 12.1. The third-order valence-corrected chi connectivity index (χ3v) is 4.18. The lowest BCUT2D eigenvalue weighted by atomic mass is 10.1. The SMILES string of the molecule is COc1c2nc(C=C(O)c3cccnc3)n3c(c-2ccc1=O)NCC3. The molecule has 0 aromatic carbocycles. The van der Waals surface area contributed by atoms with Crippen LogP contribution in [0.3, 0.4) is 0 Å². The molecule has 0 bridgehead atoms. The Balaban J connectivity index is 1.96. The zero-order valence-electron chi connectivity index (χ0n) is 13.6. The first-order chi connectivity index (χ1) is 12.2. The molecule has 0 amide bonds. The lowest BCUT2D eigenvalue weighted by Crippen LogP contribution is -2.12. The van der Waals surface area contributed by atoms with E-state index in [1.54, 1.807) is 36.7 Å². The second kappa shape index (κ2) is 5.94. The van der Waals surface area contributed by atoms with Gasteiger partial charge >= 0.3 is 0 Å². The Kier molecular flexibility index (Phi) is 3.61. The number of ether oxygens (including phenoxy) is 1. The van der Waals surface area contributed by atoms with E-state index in [0.29, 0.717) is 23.6 Å². The molecule has 3 aliphatic rings. The predicted octanol–water partition coefficient (Wildman–Crippen LogP) is 2.23. The third-order valence-electron chi connectivity index (χ3n) is 4.18. The smallest absolute Gasteiger partial charge is 0.222 e. The van der Waals surface area contributed by atoms with Crippen molar-refractivity contribution in [2.24, 2.45) is 0 Å². The molecular formula is C18H16N4O3. The van der Waals surface area contributed by atoms with Crippen molar-refractivity contribution in [1.29, 1.82) is 0 Å². The number of fused-ring (bicyclic) bond motifs is 3. The molecule has 2 aliphatic heterocycles. The number of anilines is 1. The first kappa shape index (κ1) is 15.2. The minimum atomic E-state index is -0.225. The van der Waals surface area contributed by atoms with Gasteiger partial charge in [-0.2, -0.15) is 0 Å². The first-order valence-electron chi connectivity index (χ1n) is 7.85. The van der Waals surface area contributed by atoms with Crippen LogP contribution in [0.4, 0.5) is 5.82 Å². The fraction of sp³-hybridized carbons (Fsp3) is 0.167. The summed E-state index contributed by atoms with van der Waals surface area (Å²) in [5, 5.41) is 13.7. The van der Waals surface area contributed by atoms with E-state index in [9.17, 15) is 9.90 Å². The number of nitrogens with zero attached hydrogens (tertiary/aromatic N) is 3. The lowest BCUT2D eigenvalue weighted by Gasteiger charge is -2.17. The molecule has 0 spiro atoms. The highest BCUT2D eigenvalue weighted by Gasteiger charge is 2.24. The number of aliphatic hydroxyl groups excluding tert-OH is 1. The minimum Gasteiger partial charge on any atom is -0.507 e. The molecule has 2 N–H and O–H groups in total. The standard InChI is InChI=1S/C18H16N4O3/c1-25-17-13(23)5-4-12-16(17)21-15(22-8-7-20-18(12)22)9-14(24)11-3-2-6-19-10-11/h2-6,9-10,20,24H,7-8H2,1H3. The Morgan fingerprint density at radius 1 is 1.40 bits per heavy atom. The van der Waals surface area contributed by atoms with Crippen molar-refractivity contribution in [1.82, 2.24) is 14.5 Å². The van der Waals surface area contributed by atoms with Gasteiger partial charge < -0.3 is 19.7 Å². The molecule has 3 heterocycles. The number of aliphatic hydroxyl groups is 1. The fourth-order valence-electron chi connectivity index (χ4n) is 3.02. The number of hydrogen-bond acceptors (Lipinski definition) is 6. The fourth-order valence-corrected chi connectivity index (χ4v) is 3.02. The number of benzene rings is 1. The number of hydrogen-bond donors (Lipinski definition) is 2. The molecule has 126 valence electrons. The summed E-state index contributed by atoms with van der Waals surface area (Å²) in [6.07, 6.45) is 4.79. The lowest BCUT2D eigenvalue weighted by molar-refractivity contribution is 0.411. The highest BCUT2D eigenvalue weighted by molar-refractivity contribution is 5.82. The molecule has 0 radical (unpaired) electrons. The van der Waals surface area contributed by atoms with Gasteiger partial charge in [0.15, 0.2) is 5.75 Å². The van der Waals surface area contributed by atoms with Crippen molar-refractivity contribution in [2.75, 3.05) is 19.0 Å².